The molecule has 20 heavy (non-hydrogen) atoms. The second-order valence-electron chi connectivity index (χ2n) is 4.00. The highest BCUT2D eigenvalue weighted by Crippen LogP contribution is 2.21. The van der Waals surface area contributed by atoms with Gasteiger partial charge in [0.15, 0.2) is 5.78 Å². The fourth-order valence-electron chi connectivity index (χ4n) is 1.71. The summed E-state index contributed by atoms with van der Waals surface area (Å²) in [6.45, 7) is 0. The Kier molecular flexibility index (Phi) is 4.25. The van der Waals surface area contributed by atoms with Gasteiger partial charge in [0.1, 0.15) is 12.2 Å². The molecule has 0 fully saturated rings. The van der Waals surface area contributed by atoms with Gasteiger partial charge in [0.05, 0.1) is 11.6 Å². The normalized spacial score (nSPS) is 9.55. The third-order valence-electron chi connectivity index (χ3n) is 2.61. The van der Waals surface area contributed by atoms with E-state index in [1.165, 1.54) is 6.07 Å². The summed E-state index contributed by atoms with van der Waals surface area (Å²) < 4.78 is 5.05. The highest BCUT2D eigenvalue weighted by atomic mass is 16.5. The van der Waals surface area contributed by atoms with Crippen LogP contribution in [0.3, 0.4) is 0 Å². The van der Waals surface area contributed by atoms with Crippen LogP contribution in [0.1, 0.15) is 22.3 Å². The Bertz CT molecular complexity index is 672. The quantitative estimate of drug-likeness (QED) is 0.484. The number of carbonyl (C=O) groups is 2. The van der Waals surface area contributed by atoms with Crippen molar-refractivity contribution in [3.63, 3.8) is 0 Å². The predicted molar refractivity (Wildman–Crippen MR) is 72.2 cm³/mol. The highest BCUT2D eigenvalue weighted by Gasteiger charge is 2.16. The molecule has 0 amide bonds. The van der Waals surface area contributed by atoms with Crippen molar-refractivity contribution < 1.29 is 14.3 Å². The molecule has 0 saturated heterocycles. The van der Waals surface area contributed by atoms with Crippen LogP contribution in [-0.2, 0) is 4.79 Å². The van der Waals surface area contributed by atoms with Crippen LogP contribution in [0.15, 0.2) is 54.6 Å². The molecule has 0 aliphatic carbocycles. The van der Waals surface area contributed by atoms with Crippen LogP contribution >= 0.6 is 0 Å². The summed E-state index contributed by atoms with van der Waals surface area (Å²) in [5.41, 5.74) is 0.807. The first-order chi connectivity index (χ1) is 9.72. The fourth-order valence-corrected chi connectivity index (χ4v) is 1.71. The fraction of sp³-hybridized carbons (Fsp3) is 0.0625. The van der Waals surface area contributed by atoms with Crippen molar-refractivity contribution in [3.05, 3.63) is 65.7 Å². The zero-order valence-electron chi connectivity index (χ0n) is 10.6. The molecule has 0 aromatic heterocycles. The van der Waals surface area contributed by atoms with Crippen molar-refractivity contribution in [1.82, 2.24) is 0 Å². The SMILES string of the molecule is N#CCC(=O)Oc1ccccc1C(=O)c1ccccc1. The molecule has 98 valence electrons. The van der Waals surface area contributed by atoms with Crippen LogP contribution in [0.4, 0.5) is 0 Å². The van der Waals surface area contributed by atoms with Gasteiger partial charge in [0.2, 0.25) is 0 Å². The summed E-state index contributed by atoms with van der Waals surface area (Å²) in [5, 5.41) is 8.45. The van der Waals surface area contributed by atoms with Gasteiger partial charge in [-0.15, -0.1) is 0 Å². The molecule has 0 heterocycles. The van der Waals surface area contributed by atoms with Crippen LogP contribution in [0.5, 0.6) is 5.75 Å². The molecule has 2 aromatic rings. The van der Waals surface area contributed by atoms with E-state index in [1.54, 1.807) is 48.5 Å². The molecule has 0 saturated carbocycles. The topological polar surface area (TPSA) is 67.2 Å². The predicted octanol–water partition coefficient (Wildman–Crippen LogP) is 2.74. The van der Waals surface area contributed by atoms with Gasteiger partial charge in [-0.05, 0) is 12.1 Å². The molecule has 0 unspecified atom stereocenters. The van der Waals surface area contributed by atoms with Crippen LogP contribution < -0.4 is 4.74 Å². The molecule has 0 radical (unpaired) electrons. The van der Waals surface area contributed by atoms with E-state index >= 15 is 0 Å². The van der Waals surface area contributed by atoms with E-state index in [0.717, 1.165) is 0 Å². The van der Waals surface area contributed by atoms with Gasteiger partial charge in [-0.2, -0.15) is 5.26 Å². The Morgan fingerprint density at radius 2 is 1.65 bits per heavy atom. The Morgan fingerprint density at radius 3 is 2.35 bits per heavy atom. The molecule has 0 aliphatic rings. The third-order valence-corrected chi connectivity index (χ3v) is 2.61. The van der Waals surface area contributed by atoms with E-state index < -0.39 is 5.97 Å². The number of ketones is 1. The zero-order valence-corrected chi connectivity index (χ0v) is 10.6. The standard InChI is InChI=1S/C16H11NO3/c17-11-10-15(18)20-14-9-5-4-8-13(14)16(19)12-6-2-1-3-7-12/h1-9H,10H2. The molecule has 0 aliphatic heterocycles. The lowest BCUT2D eigenvalue weighted by Gasteiger charge is -2.08. The monoisotopic (exact) mass is 265 g/mol. The molecule has 4 heteroatoms. The molecule has 2 rings (SSSR count). The molecular weight excluding hydrogens is 254 g/mol. The van der Waals surface area contributed by atoms with E-state index in [2.05, 4.69) is 0 Å². The zero-order chi connectivity index (χ0) is 14.4. The number of nitriles is 1. The van der Waals surface area contributed by atoms with Gasteiger partial charge in [-0.25, -0.2) is 0 Å². The van der Waals surface area contributed by atoms with E-state index in [-0.39, 0.29) is 18.0 Å². The van der Waals surface area contributed by atoms with Gasteiger partial charge in [-0.3, -0.25) is 9.59 Å². The first-order valence-electron chi connectivity index (χ1n) is 5.99. The van der Waals surface area contributed by atoms with Gasteiger partial charge in [-0.1, -0.05) is 42.5 Å². The maximum absolute atomic E-state index is 12.4. The van der Waals surface area contributed by atoms with Gasteiger partial charge in [0, 0.05) is 5.56 Å². The maximum Gasteiger partial charge on any atom is 0.325 e. The van der Waals surface area contributed by atoms with Crippen LogP contribution in [-0.4, -0.2) is 11.8 Å². The average Bonchev–Trinajstić information content (AvgIpc) is 2.48. The largest absolute Gasteiger partial charge is 0.425 e. The molecule has 0 bridgehead atoms. The smallest absolute Gasteiger partial charge is 0.325 e. The molecule has 0 atom stereocenters. The number of rotatable bonds is 4. The lowest BCUT2D eigenvalue weighted by atomic mass is 10.0. The van der Waals surface area contributed by atoms with Crippen LogP contribution in [0.2, 0.25) is 0 Å². The first-order valence-corrected chi connectivity index (χ1v) is 5.99. The van der Waals surface area contributed by atoms with Crippen molar-refractivity contribution in [2.24, 2.45) is 0 Å². The van der Waals surface area contributed by atoms with Crippen molar-refractivity contribution in [2.75, 3.05) is 0 Å². The number of hydrogen-bond donors (Lipinski definition) is 0. The summed E-state index contributed by atoms with van der Waals surface area (Å²) in [5.74, 6) is -0.742. The summed E-state index contributed by atoms with van der Waals surface area (Å²) in [7, 11) is 0. The van der Waals surface area contributed by atoms with E-state index in [1.807, 2.05) is 6.07 Å². The Balaban J connectivity index is 2.31. The van der Waals surface area contributed by atoms with Crippen LogP contribution in [0, 0.1) is 11.3 Å². The second-order valence-corrected chi connectivity index (χ2v) is 4.00. The number of carbonyl (C=O) groups excluding carboxylic acids is 2. The molecule has 4 nitrogen and oxygen atoms in total. The third kappa shape index (κ3) is 3.09. The van der Waals surface area contributed by atoms with Gasteiger partial charge in [0.25, 0.3) is 0 Å². The Morgan fingerprint density at radius 1 is 1.00 bits per heavy atom. The van der Waals surface area contributed by atoms with Crippen molar-refractivity contribution in [2.45, 2.75) is 6.42 Å². The van der Waals surface area contributed by atoms with Crippen LogP contribution in [0.25, 0.3) is 0 Å². The Labute approximate surface area is 116 Å². The molecule has 0 N–H and O–H groups in total. The van der Waals surface area contributed by atoms with Crippen molar-refractivity contribution in [1.29, 1.82) is 5.26 Å². The lowest BCUT2D eigenvalue weighted by molar-refractivity contribution is -0.133. The number of esters is 1. The number of benzene rings is 2. The second kappa shape index (κ2) is 6.30. The average molecular weight is 265 g/mol. The van der Waals surface area contributed by atoms with Gasteiger partial charge < -0.3 is 4.74 Å². The summed E-state index contributed by atoms with van der Waals surface area (Å²) in [6, 6.07) is 16.9. The van der Waals surface area contributed by atoms with E-state index in [0.29, 0.717) is 11.1 Å². The summed E-state index contributed by atoms with van der Waals surface area (Å²) in [4.78, 5) is 23.7. The molecule has 0 spiro atoms. The number of para-hydroxylation sites is 1. The number of nitrogens with zero attached hydrogens (tertiary/aromatic N) is 1. The minimum absolute atomic E-state index is 0.168. The van der Waals surface area contributed by atoms with E-state index in [9.17, 15) is 9.59 Å². The minimum atomic E-state index is -0.680. The van der Waals surface area contributed by atoms with Crippen molar-refractivity contribution >= 4 is 11.8 Å². The van der Waals surface area contributed by atoms with E-state index in [4.69, 9.17) is 10.00 Å². The Hall–Kier alpha value is -2.93. The maximum atomic E-state index is 12.4. The number of hydrogen-bond acceptors (Lipinski definition) is 4. The van der Waals surface area contributed by atoms with Gasteiger partial charge >= 0.3 is 5.97 Å². The molecule has 2 aromatic carbocycles. The highest BCUT2D eigenvalue weighted by molar-refractivity contribution is 6.11. The molecular formula is C16H11NO3. The first kappa shape index (κ1) is 13.5. The minimum Gasteiger partial charge on any atom is -0.425 e. The number of ether oxygens (including phenoxy) is 1. The summed E-state index contributed by atoms with van der Waals surface area (Å²) in [6.07, 6.45) is -0.353. The van der Waals surface area contributed by atoms with Crippen molar-refractivity contribution in [3.8, 4) is 11.8 Å². The lowest BCUT2D eigenvalue weighted by Crippen LogP contribution is -2.10. The summed E-state index contributed by atoms with van der Waals surface area (Å²) >= 11 is 0.